The van der Waals surface area contributed by atoms with E-state index in [2.05, 4.69) is 11.9 Å². The second-order valence-corrected chi connectivity index (χ2v) is 4.04. The van der Waals surface area contributed by atoms with Crippen LogP contribution in [0.5, 0.6) is 0 Å². The van der Waals surface area contributed by atoms with Crippen LogP contribution in [0.3, 0.4) is 0 Å². The van der Waals surface area contributed by atoms with Crippen molar-refractivity contribution in [1.29, 1.82) is 0 Å². The summed E-state index contributed by atoms with van der Waals surface area (Å²) in [6, 6.07) is 5.43. The molecule has 2 rings (SSSR count). The molecule has 0 atom stereocenters. The van der Waals surface area contributed by atoms with Gasteiger partial charge in [-0.1, -0.05) is 0 Å². The van der Waals surface area contributed by atoms with Crippen molar-refractivity contribution in [3.63, 3.8) is 0 Å². The predicted molar refractivity (Wildman–Crippen MR) is 55.3 cm³/mol. The zero-order valence-corrected chi connectivity index (χ0v) is 8.33. The third-order valence-corrected chi connectivity index (χ3v) is 2.58. The van der Waals surface area contributed by atoms with Crippen LogP contribution in [-0.4, -0.2) is 18.0 Å². The van der Waals surface area contributed by atoms with Crippen molar-refractivity contribution >= 4 is 5.69 Å². The molecule has 3 heteroatoms. The Bertz CT molecular complexity index is 314. The van der Waals surface area contributed by atoms with E-state index in [1.54, 1.807) is 6.07 Å². The lowest BCUT2D eigenvalue weighted by Gasteiger charge is -2.15. The summed E-state index contributed by atoms with van der Waals surface area (Å²) >= 11 is 0. The average molecular weight is 194 g/mol. The lowest BCUT2D eigenvalue weighted by molar-refractivity contribution is 0.316. The van der Waals surface area contributed by atoms with Crippen molar-refractivity contribution in [3.8, 4) is 0 Å². The summed E-state index contributed by atoms with van der Waals surface area (Å²) in [4.78, 5) is 2.24. The molecule has 1 aliphatic rings. The number of hydrogen-bond donors (Lipinski definition) is 1. The van der Waals surface area contributed by atoms with Gasteiger partial charge in [-0.2, -0.15) is 0 Å². The monoisotopic (exact) mass is 194 g/mol. The Labute approximate surface area is 83.5 Å². The molecule has 1 aromatic rings. The Morgan fingerprint density at radius 2 is 2.14 bits per heavy atom. The number of nitrogens with two attached hydrogens (primary N) is 1. The third kappa shape index (κ3) is 2.23. The second kappa shape index (κ2) is 3.58. The van der Waals surface area contributed by atoms with Crippen LogP contribution >= 0.6 is 0 Å². The van der Waals surface area contributed by atoms with Crippen LogP contribution in [0.2, 0.25) is 0 Å². The van der Waals surface area contributed by atoms with Gasteiger partial charge in [0.2, 0.25) is 0 Å². The molecule has 0 saturated heterocycles. The van der Waals surface area contributed by atoms with Gasteiger partial charge in [0.05, 0.1) is 0 Å². The average Bonchev–Trinajstić information content (AvgIpc) is 2.82. The summed E-state index contributed by atoms with van der Waals surface area (Å²) in [5.74, 6) is -0.246. The van der Waals surface area contributed by atoms with Crippen LogP contribution in [-0.2, 0) is 6.54 Å². The van der Waals surface area contributed by atoms with Crippen LogP contribution in [0.4, 0.5) is 10.1 Å². The molecule has 1 saturated carbocycles. The van der Waals surface area contributed by atoms with Crippen LogP contribution < -0.4 is 5.73 Å². The Balaban J connectivity index is 2.07. The van der Waals surface area contributed by atoms with Gasteiger partial charge >= 0.3 is 0 Å². The number of anilines is 1. The van der Waals surface area contributed by atoms with Gasteiger partial charge in [-0.3, -0.25) is 4.90 Å². The smallest absolute Gasteiger partial charge is 0.125 e. The van der Waals surface area contributed by atoms with E-state index in [0.29, 0.717) is 11.7 Å². The van der Waals surface area contributed by atoms with E-state index < -0.39 is 0 Å². The molecule has 1 aliphatic carbocycles. The summed E-state index contributed by atoms with van der Waals surface area (Å²) in [5.41, 5.74) is 7.03. The summed E-state index contributed by atoms with van der Waals surface area (Å²) in [5, 5.41) is 0. The molecule has 0 radical (unpaired) electrons. The quantitative estimate of drug-likeness (QED) is 0.746. The minimum atomic E-state index is -0.246. The van der Waals surface area contributed by atoms with Crippen molar-refractivity contribution in [1.82, 2.24) is 4.90 Å². The first-order valence-electron chi connectivity index (χ1n) is 4.90. The van der Waals surface area contributed by atoms with E-state index in [0.717, 1.165) is 12.1 Å². The molecule has 14 heavy (non-hydrogen) atoms. The zero-order chi connectivity index (χ0) is 10.1. The van der Waals surface area contributed by atoms with Crippen molar-refractivity contribution in [2.45, 2.75) is 25.4 Å². The van der Waals surface area contributed by atoms with E-state index in [9.17, 15) is 4.39 Å². The minimum Gasteiger partial charge on any atom is -0.399 e. The first-order valence-corrected chi connectivity index (χ1v) is 4.90. The molecule has 2 nitrogen and oxygen atoms in total. The topological polar surface area (TPSA) is 29.3 Å². The van der Waals surface area contributed by atoms with Crippen molar-refractivity contribution < 1.29 is 4.39 Å². The fourth-order valence-electron chi connectivity index (χ4n) is 1.70. The summed E-state index contributed by atoms with van der Waals surface area (Å²) in [6.07, 6.45) is 2.53. The molecular weight excluding hydrogens is 179 g/mol. The highest BCUT2D eigenvalue weighted by atomic mass is 19.1. The van der Waals surface area contributed by atoms with E-state index in [1.807, 2.05) is 6.07 Å². The van der Waals surface area contributed by atoms with E-state index in [-0.39, 0.29) is 5.82 Å². The van der Waals surface area contributed by atoms with E-state index in [4.69, 9.17) is 5.73 Å². The largest absolute Gasteiger partial charge is 0.399 e. The van der Waals surface area contributed by atoms with Gasteiger partial charge in [-0.25, -0.2) is 4.39 Å². The number of nitrogens with zero attached hydrogens (tertiary/aromatic N) is 1. The maximum absolute atomic E-state index is 13.0. The highest BCUT2D eigenvalue weighted by Crippen LogP contribution is 2.27. The van der Waals surface area contributed by atoms with Crippen LogP contribution in [0.25, 0.3) is 0 Å². The number of nitrogen functional groups attached to an aromatic ring is 1. The van der Waals surface area contributed by atoms with Gasteiger partial charge in [0, 0.05) is 18.3 Å². The molecule has 0 unspecified atom stereocenters. The number of benzene rings is 1. The van der Waals surface area contributed by atoms with Crippen molar-refractivity contribution in [2.24, 2.45) is 0 Å². The Hall–Kier alpha value is -1.09. The van der Waals surface area contributed by atoms with Gasteiger partial charge in [0.15, 0.2) is 0 Å². The van der Waals surface area contributed by atoms with Gasteiger partial charge < -0.3 is 5.73 Å². The molecular formula is C11H15FN2. The van der Waals surface area contributed by atoms with Crippen LogP contribution in [0.15, 0.2) is 18.2 Å². The standard InChI is InChI=1S/C11H15FN2/c1-14(11-2-3-11)7-8-4-9(12)6-10(13)5-8/h4-6,11H,2-3,7,13H2,1H3. The normalized spacial score (nSPS) is 16.2. The summed E-state index contributed by atoms with van der Waals surface area (Å²) < 4.78 is 13.0. The Morgan fingerprint density at radius 1 is 1.43 bits per heavy atom. The predicted octanol–water partition coefficient (Wildman–Crippen LogP) is 2.00. The van der Waals surface area contributed by atoms with Crippen molar-refractivity contribution in [2.75, 3.05) is 12.8 Å². The number of rotatable bonds is 3. The Morgan fingerprint density at radius 3 is 2.71 bits per heavy atom. The molecule has 0 aliphatic heterocycles. The molecule has 2 N–H and O–H groups in total. The van der Waals surface area contributed by atoms with E-state index >= 15 is 0 Å². The number of hydrogen-bond acceptors (Lipinski definition) is 2. The first-order chi connectivity index (χ1) is 6.65. The second-order valence-electron chi connectivity index (χ2n) is 4.04. The molecule has 0 aromatic heterocycles. The SMILES string of the molecule is CN(Cc1cc(N)cc(F)c1)C1CC1. The molecule has 0 spiro atoms. The van der Waals surface area contributed by atoms with Crippen molar-refractivity contribution in [3.05, 3.63) is 29.6 Å². The molecule has 0 heterocycles. The summed E-state index contributed by atoms with van der Waals surface area (Å²) in [6.45, 7) is 0.784. The lowest BCUT2D eigenvalue weighted by atomic mass is 10.2. The first kappa shape index (κ1) is 9.46. The third-order valence-electron chi connectivity index (χ3n) is 2.58. The highest BCUT2D eigenvalue weighted by Gasteiger charge is 2.25. The van der Waals surface area contributed by atoms with Gasteiger partial charge in [0.25, 0.3) is 0 Å². The van der Waals surface area contributed by atoms with Crippen LogP contribution in [0.1, 0.15) is 18.4 Å². The minimum absolute atomic E-state index is 0.246. The van der Waals surface area contributed by atoms with Crippen LogP contribution in [0, 0.1) is 5.82 Å². The fourth-order valence-corrected chi connectivity index (χ4v) is 1.70. The summed E-state index contributed by atoms with van der Waals surface area (Å²) in [7, 11) is 2.07. The zero-order valence-electron chi connectivity index (χ0n) is 8.33. The molecule has 76 valence electrons. The van der Waals surface area contributed by atoms with Gasteiger partial charge in [0.1, 0.15) is 5.82 Å². The van der Waals surface area contributed by atoms with Gasteiger partial charge in [-0.15, -0.1) is 0 Å². The fraction of sp³-hybridized carbons (Fsp3) is 0.455. The lowest BCUT2D eigenvalue weighted by Crippen LogP contribution is -2.20. The maximum Gasteiger partial charge on any atom is 0.125 e. The molecule has 1 fully saturated rings. The molecule has 0 amide bonds. The Kier molecular flexibility index (Phi) is 2.42. The number of halogens is 1. The maximum atomic E-state index is 13.0. The molecule has 1 aromatic carbocycles. The van der Waals surface area contributed by atoms with E-state index in [1.165, 1.54) is 18.9 Å². The molecule has 0 bridgehead atoms. The highest BCUT2D eigenvalue weighted by molar-refractivity contribution is 5.41. The van der Waals surface area contributed by atoms with Gasteiger partial charge in [-0.05, 0) is 43.7 Å².